The fraction of sp³-hybridized carbons (Fsp3) is 1.00. The summed E-state index contributed by atoms with van der Waals surface area (Å²) in [5.41, 5.74) is -1.81. The summed E-state index contributed by atoms with van der Waals surface area (Å²) in [5, 5.41) is 10.0. The summed E-state index contributed by atoms with van der Waals surface area (Å²) >= 11 is 2.28. The standard InChI is InChI=1S/C13H26BIO4/c1-10(2,16)11(3,4)17-9-8-14-18-12(5,6)13(7,15)19-14/h16H,8-9H2,1-7H3. The number of rotatable bonds is 5. The maximum absolute atomic E-state index is 10.0. The highest BCUT2D eigenvalue weighted by Crippen LogP contribution is 2.43. The third-order valence-corrected chi connectivity index (χ3v) is 5.70. The molecule has 1 unspecified atom stereocenters. The van der Waals surface area contributed by atoms with Gasteiger partial charge < -0.3 is 19.2 Å². The molecular weight excluding hydrogens is 358 g/mol. The summed E-state index contributed by atoms with van der Waals surface area (Å²) < 4.78 is 17.2. The lowest BCUT2D eigenvalue weighted by Gasteiger charge is -2.37. The van der Waals surface area contributed by atoms with Crippen molar-refractivity contribution in [2.45, 2.75) is 75.2 Å². The van der Waals surface area contributed by atoms with Crippen LogP contribution in [-0.2, 0) is 14.0 Å². The third kappa shape index (κ3) is 4.06. The van der Waals surface area contributed by atoms with Crippen molar-refractivity contribution in [3.63, 3.8) is 0 Å². The van der Waals surface area contributed by atoms with Crippen LogP contribution in [-0.4, -0.2) is 39.2 Å². The average molecular weight is 384 g/mol. The van der Waals surface area contributed by atoms with Crippen LogP contribution in [0.2, 0.25) is 6.32 Å². The van der Waals surface area contributed by atoms with Crippen LogP contribution in [0.3, 0.4) is 0 Å². The fourth-order valence-corrected chi connectivity index (χ4v) is 1.96. The van der Waals surface area contributed by atoms with E-state index in [2.05, 4.69) is 22.6 Å². The van der Waals surface area contributed by atoms with Gasteiger partial charge in [0.2, 0.25) is 0 Å². The van der Waals surface area contributed by atoms with Crippen LogP contribution < -0.4 is 0 Å². The molecule has 1 heterocycles. The number of ether oxygens (including phenoxy) is 1. The first-order chi connectivity index (χ1) is 8.29. The Bertz CT molecular complexity index is 307. The molecule has 0 aromatic rings. The SMILES string of the molecule is CC(C)(O)C(C)(C)OCCB1OC(C)(C)C(C)(I)O1. The Balaban J connectivity index is 2.45. The molecule has 1 rings (SSSR count). The molecule has 1 N–H and O–H groups in total. The maximum atomic E-state index is 10.0. The molecule has 6 heteroatoms. The van der Waals surface area contributed by atoms with E-state index in [4.69, 9.17) is 14.0 Å². The summed E-state index contributed by atoms with van der Waals surface area (Å²) in [4.78, 5) is 0. The Morgan fingerprint density at radius 3 is 2.05 bits per heavy atom. The van der Waals surface area contributed by atoms with E-state index in [1.54, 1.807) is 13.8 Å². The van der Waals surface area contributed by atoms with E-state index in [0.29, 0.717) is 12.9 Å². The molecule has 1 fully saturated rings. The highest BCUT2D eigenvalue weighted by Gasteiger charge is 2.52. The van der Waals surface area contributed by atoms with Gasteiger partial charge in [-0.15, -0.1) is 0 Å². The number of hydrogen-bond acceptors (Lipinski definition) is 4. The minimum absolute atomic E-state index is 0.255. The van der Waals surface area contributed by atoms with E-state index in [0.717, 1.165) is 0 Å². The summed E-state index contributed by atoms with van der Waals surface area (Å²) in [7, 11) is -0.255. The Hall–Kier alpha value is 0.635. The zero-order valence-electron chi connectivity index (χ0n) is 13.0. The number of alkyl halides is 1. The second kappa shape index (κ2) is 5.44. The molecule has 1 aliphatic rings. The van der Waals surface area contributed by atoms with E-state index < -0.39 is 11.2 Å². The Kier molecular flexibility index (Phi) is 5.07. The largest absolute Gasteiger partial charge is 0.460 e. The van der Waals surface area contributed by atoms with Crippen LogP contribution in [0.15, 0.2) is 0 Å². The lowest BCUT2D eigenvalue weighted by molar-refractivity contribution is -0.144. The average Bonchev–Trinajstić information content (AvgIpc) is 2.32. The molecule has 0 amide bonds. The molecule has 19 heavy (non-hydrogen) atoms. The maximum Gasteiger partial charge on any atom is 0.460 e. The van der Waals surface area contributed by atoms with Crippen molar-refractivity contribution >= 4 is 29.7 Å². The molecule has 0 aliphatic carbocycles. The molecule has 4 nitrogen and oxygen atoms in total. The van der Waals surface area contributed by atoms with E-state index in [9.17, 15) is 5.11 Å². The number of halogens is 1. The van der Waals surface area contributed by atoms with Gasteiger partial charge in [0, 0.05) is 12.9 Å². The van der Waals surface area contributed by atoms with Crippen LogP contribution in [0.1, 0.15) is 48.5 Å². The zero-order chi connectivity index (χ0) is 15.1. The van der Waals surface area contributed by atoms with Crippen molar-refractivity contribution in [1.29, 1.82) is 0 Å². The van der Waals surface area contributed by atoms with Crippen LogP contribution >= 0.6 is 22.6 Å². The molecule has 1 aliphatic heterocycles. The van der Waals surface area contributed by atoms with Crippen molar-refractivity contribution in [3.8, 4) is 0 Å². The van der Waals surface area contributed by atoms with Crippen LogP contribution in [0, 0.1) is 0 Å². The van der Waals surface area contributed by atoms with Crippen LogP contribution in [0.4, 0.5) is 0 Å². The van der Waals surface area contributed by atoms with Crippen molar-refractivity contribution in [2.24, 2.45) is 0 Å². The van der Waals surface area contributed by atoms with E-state index in [1.165, 1.54) is 0 Å². The molecule has 112 valence electrons. The van der Waals surface area contributed by atoms with Gasteiger partial charge in [0.05, 0.1) is 16.8 Å². The van der Waals surface area contributed by atoms with Gasteiger partial charge in [-0.1, -0.05) is 0 Å². The number of aliphatic hydroxyl groups is 1. The Morgan fingerprint density at radius 2 is 1.68 bits per heavy atom. The van der Waals surface area contributed by atoms with E-state index in [1.807, 2.05) is 34.6 Å². The summed E-state index contributed by atoms with van der Waals surface area (Å²) in [5.74, 6) is 0. The summed E-state index contributed by atoms with van der Waals surface area (Å²) in [6, 6.07) is 0. The first-order valence-corrected chi connectivity index (χ1v) is 7.77. The van der Waals surface area contributed by atoms with Gasteiger partial charge in [-0.2, -0.15) is 0 Å². The predicted molar refractivity (Wildman–Crippen MR) is 85.6 cm³/mol. The molecule has 0 spiro atoms. The van der Waals surface area contributed by atoms with Crippen molar-refractivity contribution < 1.29 is 19.2 Å². The predicted octanol–water partition coefficient (Wildman–Crippen LogP) is 3.02. The van der Waals surface area contributed by atoms with Gasteiger partial charge in [0.15, 0.2) is 0 Å². The van der Waals surface area contributed by atoms with E-state index in [-0.39, 0.29) is 16.3 Å². The van der Waals surface area contributed by atoms with Gasteiger partial charge in [-0.3, -0.25) is 0 Å². The Morgan fingerprint density at radius 1 is 1.16 bits per heavy atom. The highest BCUT2D eigenvalue weighted by molar-refractivity contribution is 14.1. The van der Waals surface area contributed by atoms with Gasteiger partial charge in [0.1, 0.15) is 3.61 Å². The molecule has 0 aromatic heterocycles. The first kappa shape index (κ1) is 17.7. The lowest BCUT2D eigenvalue weighted by Crippen LogP contribution is -2.47. The molecule has 1 atom stereocenters. The topological polar surface area (TPSA) is 47.9 Å². The molecule has 0 radical (unpaired) electrons. The lowest BCUT2D eigenvalue weighted by atomic mass is 9.85. The minimum atomic E-state index is -0.887. The monoisotopic (exact) mass is 384 g/mol. The van der Waals surface area contributed by atoms with Crippen molar-refractivity contribution in [1.82, 2.24) is 0 Å². The molecule has 0 bridgehead atoms. The van der Waals surface area contributed by atoms with Crippen LogP contribution in [0.5, 0.6) is 0 Å². The minimum Gasteiger partial charge on any atom is -0.402 e. The second-order valence-corrected chi connectivity index (χ2v) is 8.86. The third-order valence-electron chi connectivity index (χ3n) is 4.14. The van der Waals surface area contributed by atoms with Gasteiger partial charge in [-0.05, 0) is 71.1 Å². The summed E-state index contributed by atoms with van der Waals surface area (Å²) in [6.07, 6.45) is 0.654. The zero-order valence-corrected chi connectivity index (χ0v) is 15.2. The van der Waals surface area contributed by atoms with Crippen molar-refractivity contribution in [2.75, 3.05) is 6.61 Å². The smallest absolute Gasteiger partial charge is 0.402 e. The number of hydrogen-bond donors (Lipinski definition) is 1. The summed E-state index contributed by atoms with van der Waals surface area (Å²) in [6.45, 7) is 13.8. The molecule has 0 aromatic carbocycles. The van der Waals surface area contributed by atoms with Gasteiger partial charge in [0.25, 0.3) is 0 Å². The van der Waals surface area contributed by atoms with Crippen molar-refractivity contribution in [3.05, 3.63) is 0 Å². The van der Waals surface area contributed by atoms with Gasteiger partial charge in [-0.25, -0.2) is 0 Å². The van der Waals surface area contributed by atoms with Crippen LogP contribution in [0.25, 0.3) is 0 Å². The molecule has 0 saturated carbocycles. The highest BCUT2D eigenvalue weighted by atomic mass is 127. The fourth-order valence-electron chi connectivity index (χ4n) is 1.55. The van der Waals surface area contributed by atoms with Gasteiger partial charge >= 0.3 is 7.12 Å². The molecule has 1 saturated heterocycles. The molecular formula is C13H26BIO4. The first-order valence-electron chi connectivity index (χ1n) is 6.69. The van der Waals surface area contributed by atoms with E-state index >= 15 is 0 Å². The Labute approximate surface area is 130 Å². The quantitative estimate of drug-likeness (QED) is 0.450. The second-order valence-electron chi connectivity index (χ2n) is 6.80. The normalized spacial score (nSPS) is 27.9.